The molecule has 0 amide bonds. The summed E-state index contributed by atoms with van der Waals surface area (Å²) in [6.45, 7) is 0. The van der Waals surface area contributed by atoms with Gasteiger partial charge in [-0.05, 0) is 29.0 Å². The Bertz CT molecular complexity index is 942. The molecule has 0 unspecified atom stereocenters. The number of fused-ring (bicyclic) bond motifs is 3. The third kappa shape index (κ3) is 2.97. The molecule has 1 heterocycles. The molecular formula is C23H17N. The second kappa shape index (κ2) is 6.51. The molecule has 1 heteroatoms. The van der Waals surface area contributed by atoms with Gasteiger partial charge in [-0.1, -0.05) is 84.9 Å². The lowest BCUT2D eigenvalue weighted by atomic mass is 10.1. The highest BCUT2D eigenvalue weighted by molar-refractivity contribution is 5.92. The molecule has 114 valence electrons. The van der Waals surface area contributed by atoms with E-state index in [2.05, 4.69) is 71.7 Å². The predicted molar refractivity (Wildman–Crippen MR) is 103 cm³/mol. The summed E-state index contributed by atoms with van der Waals surface area (Å²) in [6.07, 6.45) is 0. The van der Waals surface area contributed by atoms with Crippen LogP contribution >= 0.6 is 0 Å². The molecule has 0 N–H and O–H groups in total. The first-order valence-electron chi connectivity index (χ1n) is 8.08. The fraction of sp³-hybridized carbons (Fsp3) is 0. The average Bonchev–Trinajstić information content (AvgIpc) is 2.67. The minimum absolute atomic E-state index is 1.06. The number of aromatic nitrogens is 1. The first kappa shape index (κ1) is 14.4. The summed E-state index contributed by atoms with van der Waals surface area (Å²) in [5.74, 6) is 0. The van der Waals surface area contributed by atoms with Crippen molar-refractivity contribution in [2.45, 2.75) is 0 Å². The van der Waals surface area contributed by atoms with Gasteiger partial charge in [-0.3, -0.25) is 0 Å². The van der Waals surface area contributed by atoms with E-state index in [1.807, 2.05) is 36.4 Å². The molecule has 0 aliphatic rings. The summed E-state index contributed by atoms with van der Waals surface area (Å²) >= 11 is 0. The number of pyridine rings is 1. The van der Waals surface area contributed by atoms with Crippen molar-refractivity contribution in [2.75, 3.05) is 0 Å². The maximum Gasteiger partial charge on any atom is 0.0709 e. The minimum Gasteiger partial charge on any atom is -0.248 e. The van der Waals surface area contributed by atoms with Crippen molar-refractivity contribution < 1.29 is 0 Å². The van der Waals surface area contributed by atoms with Crippen LogP contribution in [0.2, 0.25) is 0 Å². The van der Waals surface area contributed by atoms with Gasteiger partial charge in [0.2, 0.25) is 0 Å². The molecule has 0 bridgehead atoms. The summed E-state index contributed by atoms with van der Waals surface area (Å²) in [5.41, 5.74) is 2.12. The summed E-state index contributed by atoms with van der Waals surface area (Å²) in [7, 11) is 0. The minimum atomic E-state index is 1.06. The van der Waals surface area contributed by atoms with Crippen molar-refractivity contribution in [3.8, 4) is 0 Å². The van der Waals surface area contributed by atoms with Gasteiger partial charge in [0.15, 0.2) is 0 Å². The van der Waals surface area contributed by atoms with Crippen LogP contribution in [0, 0.1) is 0 Å². The fourth-order valence-electron chi connectivity index (χ4n) is 2.85. The van der Waals surface area contributed by atoms with Crippen molar-refractivity contribution in [2.24, 2.45) is 0 Å². The van der Waals surface area contributed by atoms with Gasteiger partial charge in [-0.25, -0.2) is 4.98 Å². The zero-order valence-electron chi connectivity index (χ0n) is 13.3. The Morgan fingerprint density at radius 1 is 0.375 bits per heavy atom. The summed E-state index contributed by atoms with van der Waals surface area (Å²) in [4.78, 5) is 4.58. The fourth-order valence-corrected chi connectivity index (χ4v) is 2.85. The Morgan fingerprint density at radius 2 is 0.708 bits per heavy atom. The highest BCUT2D eigenvalue weighted by Crippen LogP contribution is 2.18. The highest BCUT2D eigenvalue weighted by Gasteiger charge is 1.96. The van der Waals surface area contributed by atoms with Crippen molar-refractivity contribution in [1.29, 1.82) is 0 Å². The maximum absolute atomic E-state index is 4.58. The molecule has 4 aromatic carbocycles. The van der Waals surface area contributed by atoms with Crippen LogP contribution in [-0.2, 0) is 0 Å². The van der Waals surface area contributed by atoms with E-state index in [0.717, 1.165) is 11.0 Å². The van der Waals surface area contributed by atoms with Crippen LogP contribution in [-0.4, -0.2) is 4.98 Å². The van der Waals surface area contributed by atoms with Crippen LogP contribution in [0.5, 0.6) is 0 Å². The summed E-state index contributed by atoms with van der Waals surface area (Å²) < 4.78 is 0. The van der Waals surface area contributed by atoms with Gasteiger partial charge >= 0.3 is 0 Å². The lowest BCUT2D eigenvalue weighted by molar-refractivity contribution is 1.50. The van der Waals surface area contributed by atoms with Gasteiger partial charge in [-0.2, -0.15) is 0 Å². The third-order valence-electron chi connectivity index (χ3n) is 4.08. The molecule has 0 saturated heterocycles. The smallest absolute Gasteiger partial charge is 0.0709 e. The van der Waals surface area contributed by atoms with E-state index in [0.29, 0.717) is 0 Å². The molecule has 0 radical (unpaired) electrons. The van der Waals surface area contributed by atoms with Gasteiger partial charge in [-0.15, -0.1) is 0 Å². The molecule has 0 saturated carbocycles. The normalized spacial score (nSPS) is 10.5. The van der Waals surface area contributed by atoms with Gasteiger partial charge in [0.25, 0.3) is 0 Å². The number of benzene rings is 4. The standard InChI is InChI=1S/C13H9N.C10H8/c1-3-7-12-10(5-1)9-11-6-2-4-8-13(11)14-12;1-2-6-10-8-4-3-7-9(10)5-1/h1-9H;1-8H. The molecule has 0 spiro atoms. The first-order chi connectivity index (χ1) is 11.9. The van der Waals surface area contributed by atoms with E-state index in [1.54, 1.807) is 0 Å². The average molecular weight is 307 g/mol. The number of para-hydroxylation sites is 2. The molecule has 1 aromatic heterocycles. The van der Waals surface area contributed by atoms with E-state index in [4.69, 9.17) is 0 Å². The highest BCUT2D eigenvalue weighted by atomic mass is 14.7. The Morgan fingerprint density at radius 3 is 1.12 bits per heavy atom. The van der Waals surface area contributed by atoms with Gasteiger partial charge in [0, 0.05) is 10.8 Å². The van der Waals surface area contributed by atoms with E-state index in [1.165, 1.54) is 21.5 Å². The monoisotopic (exact) mass is 307 g/mol. The zero-order chi connectivity index (χ0) is 16.2. The van der Waals surface area contributed by atoms with Crippen molar-refractivity contribution in [3.63, 3.8) is 0 Å². The molecule has 0 aliphatic carbocycles. The number of hydrogen-bond donors (Lipinski definition) is 0. The Labute approximate surface area is 141 Å². The summed E-state index contributed by atoms with van der Waals surface area (Å²) in [6, 6.07) is 35.3. The molecule has 0 aliphatic heterocycles. The van der Waals surface area contributed by atoms with Crippen LogP contribution in [0.4, 0.5) is 0 Å². The van der Waals surface area contributed by atoms with E-state index < -0.39 is 0 Å². The third-order valence-corrected chi connectivity index (χ3v) is 4.08. The molecule has 5 rings (SSSR count). The maximum atomic E-state index is 4.58. The molecular weight excluding hydrogens is 290 g/mol. The Balaban J connectivity index is 0.000000129. The van der Waals surface area contributed by atoms with Gasteiger partial charge in [0.05, 0.1) is 11.0 Å². The first-order valence-corrected chi connectivity index (χ1v) is 8.08. The Hall–Kier alpha value is -3.19. The van der Waals surface area contributed by atoms with E-state index >= 15 is 0 Å². The van der Waals surface area contributed by atoms with E-state index in [-0.39, 0.29) is 0 Å². The largest absolute Gasteiger partial charge is 0.248 e. The number of rotatable bonds is 0. The second-order valence-electron chi connectivity index (χ2n) is 5.72. The van der Waals surface area contributed by atoms with Crippen molar-refractivity contribution >= 4 is 32.6 Å². The zero-order valence-corrected chi connectivity index (χ0v) is 13.3. The quantitative estimate of drug-likeness (QED) is 0.309. The molecule has 5 aromatic rings. The van der Waals surface area contributed by atoms with Crippen LogP contribution in [0.1, 0.15) is 0 Å². The van der Waals surface area contributed by atoms with Gasteiger partial charge < -0.3 is 0 Å². The van der Waals surface area contributed by atoms with Crippen LogP contribution in [0.25, 0.3) is 32.6 Å². The SMILES string of the molecule is c1ccc2ccccc2c1.c1ccc2nc3ccccc3cc2c1. The lowest BCUT2D eigenvalue weighted by Crippen LogP contribution is -1.80. The van der Waals surface area contributed by atoms with Crippen LogP contribution < -0.4 is 0 Å². The molecule has 1 nitrogen and oxygen atoms in total. The molecule has 0 fully saturated rings. The van der Waals surface area contributed by atoms with Crippen LogP contribution in [0.3, 0.4) is 0 Å². The predicted octanol–water partition coefficient (Wildman–Crippen LogP) is 6.23. The van der Waals surface area contributed by atoms with Gasteiger partial charge in [0.1, 0.15) is 0 Å². The van der Waals surface area contributed by atoms with Crippen molar-refractivity contribution in [3.05, 3.63) is 103 Å². The molecule has 24 heavy (non-hydrogen) atoms. The number of hydrogen-bond acceptors (Lipinski definition) is 1. The van der Waals surface area contributed by atoms with E-state index in [9.17, 15) is 0 Å². The van der Waals surface area contributed by atoms with Crippen LogP contribution in [0.15, 0.2) is 103 Å². The lowest BCUT2D eigenvalue weighted by Gasteiger charge is -1.99. The number of nitrogens with zero attached hydrogens (tertiary/aromatic N) is 1. The molecule has 0 atom stereocenters. The Kier molecular flexibility index (Phi) is 3.91. The topological polar surface area (TPSA) is 12.9 Å². The van der Waals surface area contributed by atoms with Crippen molar-refractivity contribution in [1.82, 2.24) is 4.98 Å². The second-order valence-corrected chi connectivity index (χ2v) is 5.72. The summed E-state index contributed by atoms with van der Waals surface area (Å²) in [5, 5.41) is 5.02.